The van der Waals surface area contributed by atoms with Gasteiger partial charge in [0.1, 0.15) is 0 Å². The van der Waals surface area contributed by atoms with E-state index in [2.05, 4.69) is 4.72 Å². The van der Waals surface area contributed by atoms with Gasteiger partial charge >= 0.3 is 0 Å². The van der Waals surface area contributed by atoms with Gasteiger partial charge in [0.15, 0.2) is 0 Å². The van der Waals surface area contributed by atoms with Crippen molar-refractivity contribution in [2.75, 3.05) is 12.8 Å². The normalized spacial score (nSPS) is 18.3. The van der Waals surface area contributed by atoms with E-state index in [0.717, 1.165) is 30.6 Å². The number of sulfonamides is 1. The molecule has 0 unspecified atom stereocenters. The van der Waals surface area contributed by atoms with Gasteiger partial charge in [-0.15, -0.1) is 24.2 Å². The number of hydrogen-bond donors (Lipinski definition) is 2. The summed E-state index contributed by atoms with van der Waals surface area (Å²) in [6.07, 6.45) is 8.27. The topological polar surface area (TPSA) is 72.2 Å². The van der Waals surface area contributed by atoms with Crippen molar-refractivity contribution in [1.29, 1.82) is 0 Å². The van der Waals surface area contributed by atoms with Crippen molar-refractivity contribution >= 4 is 34.2 Å². The van der Waals surface area contributed by atoms with Gasteiger partial charge in [-0.05, 0) is 37.3 Å². The van der Waals surface area contributed by atoms with Gasteiger partial charge in [0.2, 0.25) is 10.0 Å². The van der Waals surface area contributed by atoms with Crippen LogP contribution in [0.5, 0.6) is 0 Å². The number of nitrogens with two attached hydrogens (primary N) is 1. The summed E-state index contributed by atoms with van der Waals surface area (Å²) in [5, 5.41) is 0. The number of nitrogens with one attached hydrogen (secondary N) is 1. The van der Waals surface area contributed by atoms with Gasteiger partial charge in [0.05, 0.1) is 4.90 Å². The molecule has 7 heteroatoms. The first-order valence-corrected chi connectivity index (χ1v) is 10.1. The number of thioether (sulfide) groups is 1. The Bertz CT molecular complexity index is 571. The number of rotatable bonds is 5. The summed E-state index contributed by atoms with van der Waals surface area (Å²) >= 11 is 1.53. The molecule has 0 aliphatic heterocycles. The first kappa shape index (κ1) is 19.8. The van der Waals surface area contributed by atoms with E-state index in [4.69, 9.17) is 5.73 Å². The second-order valence-electron chi connectivity index (χ2n) is 5.78. The minimum absolute atomic E-state index is 0. The summed E-state index contributed by atoms with van der Waals surface area (Å²) in [4.78, 5) is 1.25. The van der Waals surface area contributed by atoms with Gasteiger partial charge < -0.3 is 5.73 Å². The first-order chi connectivity index (χ1) is 9.95. The number of hydrogen-bond acceptors (Lipinski definition) is 4. The van der Waals surface area contributed by atoms with Crippen LogP contribution in [0.25, 0.3) is 0 Å². The van der Waals surface area contributed by atoms with Crippen LogP contribution in [0, 0.1) is 0 Å². The van der Waals surface area contributed by atoms with Crippen molar-refractivity contribution in [3.8, 4) is 0 Å². The van der Waals surface area contributed by atoms with Gasteiger partial charge in [-0.1, -0.05) is 31.7 Å². The Balaban J connectivity index is 0.00000242. The molecule has 4 nitrogen and oxygen atoms in total. The maximum Gasteiger partial charge on any atom is 0.240 e. The highest BCUT2D eigenvalue weighted by Gasteiger charge is 2.28. The fraction of sp³-hybridized carbons (Fsp3) is 0.600. The zero-order chi connectivity index (χ0) is 15.3. The van der Waals surface area contributed by atoms with Gasteiger partial charge in [-0.2, -0.15) is 0 Å². The summed E-state index contributed by atoms with van der Waals surface area (Å²) in [5.41, 5.74) is 5.97. The molecule has 0 heterocycles. The lowest BCUT2D eigenvalue weighted by molar-refractivity contribution is 0.369. The SMILES string of the molecule is CSc1cccc(S(=O)(=O)NCC2(N)CCCCCC2)c1.Cl. The van der Waals surface area contributed by atoms with Crippen molar-refractivity contribution in [1.82, 2.24) is 4.72 Å². The van der Waals surface area contributed by atoms with E-state index < -0.39 is 15.6 Å². The molecule has 0 radical (unpaired) electrons. The monoisotopic (exact) mass is 364 g/mol. The molecule has 0 amide bonds. The maximum atomic E-state index is 12.4. The quantitative estimate of drug-likeness (QED) is 0.621. The second-order valence-corrected chi connectivity index (χ2v) is 8.43. The van der Waals surface area contributed by atoms with Crippen molar-refractivity contribution in [3.63, 3.8) is 0 Å². The molecule has 0 aromatic heterocycles. The van der Waals surface area contributed by atoms with Crippen molar-refractivity contribution in [2.45, 2.75) is 53.9 Å². The third-order valence-electron chi connectivity index (χ3n) is 4.07. The van der Waals surface area contributed by atoms with E-state index in [1.54, 1.807) is 18.2 Å². The highest BCUT2D eigenvalue weighted by atomic mass is 35.5. The van der Waals surface area contributed by atoms with Crippen LogP contribution in [0.4, 0.5) is 0 Å². The molecule has 0 atom stereocenters. The minimum atomic E-state index is -3.49. The molecule has 0 saturated heterocycles. The van der Waals surface area contributed by atoms with Crippen LogP contribution in [0.1, 0.15) is 38.5 Å². The zero-order valence-corrected chi connectivity index (χ0v) is 15.3. The van der Waals surface area contributed by atoms with E-state index in [1.807, 2.05) is 12.3 Å². The minimum Gasteiger partial charge on any atom is -0.324 e. The van der Waals surface area contributed by atoms with E-state index >= 15 is 0 Å². The zero-order valence-electron chi connectivity index (χ0n) is 12.9. The average Bonchev–Trinajstić information content (AvgIpc) is 2.71. The fourth-order valence-corrected chi connectivity index (χ4v) is 4.42. The third kappa shape index (κ3) is 5.42. The molecular formula is C15H25ClN2O2S2. The highest BCUT2D eigenvalue weighted by Crippen LogP contribution is 2.25. The molecular weight excluding hydrogens is 340 g/mol. The maximum absolute atomic E-state index is 12.4. The Morgan fingerprint density at radius 1 is 1.23 bits per heavy atom. The molecule has 126 valence electrons. The van der Waals surface area contributed by atoms with E-state index in [1.165, 1.54) is 24.6 Å². The Kier molecular flexibility index (Phi) is 7.68. The molecule has 1 aliphatic rings. The molecule has 3 N–H and O–H groups in total. The largest absolute Gasteiger partial charge is 0.324 e. The predicted octanol–water partition coefficient (Wildman–Crippen LogP) is 3.16. The fourth-order valence-electron chi connectivity index (χ4n) is 2.70. The van der Waals surface area contributed by atoms with Crippen LogP contribution >= 0.6 is 24.2 Å². The summed E-state index contributed by atoms with van der Waals surface area (Å²) in [6.45, 7) is 0.318. The molecule has 22 heavy (non-hydrogen) atoms. The highest BCUT2D eigenvalue weighted by molar-refractivity contribution is 7.98. The molecule has 1 saturated carbocycles. The van der Waals surface area contributed by atoms with E-state index in [9.17, 15) is 8.42 Å². The third-order valence-corrected chi connectivity index (χ3v) is 6.19. The smallest absolute Gasteiger partial charge is 0.240 e. The summed E-state index contributed by atoms with van der Waals surface area (Å²) in [6, 6.07) is 6.99. The lowest BCUT2D eigenvalue weighted by Gasteiger charge is -2.28. The Labute approximate surface area is 144 Å². The predicted molar refractivity (Wildman–Crippen MR) is 95.3 cm³/mol. The van der Waals surface area contributed by atoms with Gasteiger partial charge in [-0.25, -0.2) is 13.1 Å². The Morgan fingerprint density at radius 3 is 2.45 bits per heavy atom. The molecule has 0 spiro atoms. The Hall–Kier alpha value is -0.270. The van der Waals surface area contributed by atoms with Gasteiger partial charge in [0.25, 0.3) is 0 Å². The van der Waals surface area contributed by atoms with Crippen molar-refractivity contribution < 1.29 is 8.42 Å². The van der Waals surface area contributed by atoms with E-state index in [0.29, 0.717) is 11.4 Å². The molecule has 0 bridgehead atoms. The molecule has 1 fully saturated rings. The number of halogens is 1. The van der Waals surface area contributed by atoms with Crippen molar-refractivity contribution in [3.05, 3.63) is 24.3 Å². The second kappa shape index (κ2) is 8.55. The standard InChI is InChI=1S/C15H24N2O2S2.ClH/c1-20-13-7-6-8-14(11-13)21(18,19)17-12-15(16)9-4-2-3-5-10-15;/h6-8,11,17H,2-5,9-10,12,16H2,1H3;1H. The van der Waals surface area contributed by atoms with Gasteiger partial charge in [-0.3, -0.25) is 0 Å². The van der Waals surface area contributed by atoms with E-state index in [-0.39, 0.29) is 12.4 Å². The van der Waals surface area contributed by atoms with Crippen LogP contribution in [-0.2, 0) is 10.0 Å². The van der Waals surface area contributed by atoms with Crippen molar-refractivity contribution in [2.24, 2.45) is 5.73 Å². The molecule has 1 aromatic rings. The molecule has 1 aromatic carbocycles. The molecule has 2 rings (SSSR count). The van der Waals surface area contributed by atoms with Crippen LogP contribution < -0.4 is 10.5 Å². The summed E-state index contributed by atoms with van der Waals surface area (Å²) < 4.78 is 27.5. The van der Waals surface area contributed by atoms with Crippen LogP contribution in [0.2, 0.25) is 0 Å². The van der Waals surface area contributed by atoms with Crippen LogP contribution in [0.3, 0.4) is 0 Å². The summed E-state index contributed by atoms with van der Waals surface area (Å²) in [5.74, 6) is 0. The van der Waals surface area contributed by atoms with Crippen LogP contribution in [0.15, 0.2) is 34.1 Å². The van der Waals surface area contributed by atoms with Crippen LogP contribution in [-0.4, -0.2) is 26.8 Å². The first-order valence-electron chi connectivity index (χ1n) is 7.38. The lowest BCUT2D eigenvalue weighted by atomic mass is 9.92. The summed E-state index contributed by atoms with van der Waals surface area (Å²) in [7, 11) is -3.49. The Morgan fingerprint density at radius 2 is 1.86 bits per heavy atom. The average molecular weight is 365 g/mol. The lowest BCUT2D eigenvalue weighted by Crippen LogP contribution is -2.49. The number of benzene rings is 1. The van der Waals surface area contributed by atoms with Gasteiger partial charge in [0, 0.05) is 17.0 Å². The molecule has 1 aliphatic carbocycles.